The van der Waals surface area contributed by atoms with Crippen LogP contribution in [0.4, 0.5) is 0 Å². The summed E-state index contributed by atoms with van der Waals surface area (Å²) in [4.78, 5) is 14.9. The summed E-state index contributed by atoms with van der Waals surface area (Å²) in [5, 5.41) is 3.02. The quantitative estimate of drug-likeness (QED) is 0.717. The zero-order valence-corrected chi connectivity index (χ0v) is 17.5. The number of carbonyl (C=O) groups is 1. The van der Waals surface area contributed by atoms with Crippen LogP contribution in [0.3, 0.4) is 0 Å². The van der Waals surface area contributed by atoms with Crippen molar-refractivity contribution in [1.82, 2.24) is 10.2 Å². The molecule has 2 aromatic rings. The van der Waals surface area contributed by atoms with Gasteiger partial charge in [0.2, 0.25) is 5.75 Å². The van der Waals surface area contributed by atoms with Crippen molar-refractivity contribution in [3.05, 3.63) is 53.1 Å². The summed E-state index contributed by atoms with van der Waals surface area (Å²) < 4.78 is 16.0. The number of hydrogen-bond donors (Lipinski definition) is 1. The lowest BCUT2D eigenvalue weighted by Crippen LogP contribution is -2.34. The number of likely N-dealkylation sites (N-methyl/N-ethyl adjacent to an activating group) is 1. The van der Waals surface area contributed by atoms with Crippen LogP contribution >= 0.6 is 0 Å². The minimum atomic E-state index is -0.198. The summed E-state index contributed by atoms with van der Waals surface area (Å²) in [6, 6.07) is 11.9. The van der Waals surface area contributed by atoms with Gasteiger partial charge in [-0.05, 0) is 43.8 Å². The maximum atomic E-state index is 12.8. The molecule has 2 aromatic carbocycles. The van der Waals surface area contributed by atoms with Crippen LogP contribution in [0.2, 0.25) is 0 Å². The largest absolute Gasteiger partial charge is 0.493 e. The van der Waals surface area contributed by atoms with Gasteiger partial charge < -0.3 is 24.4 Å². The predicted octanol–water partition coefficient (Wildman–Crippen LogP) is 3.31. The molecule has 6 nitrogen and oxygen atoms in total. The van der Waals surface area contributed by atoms with E-state index in [1.165, 1.54) is 26.9 Å². The van der Waals surface area contributed by atoms with Gasteiger partial charge in [-0.15, -0.1) is 0 Å². The van der Waals surface area contributed by atoms with Gasteiger partial charge in [0.25, 0.3) is 5.91 Å². The van der Waals surface area contributed by atoms with Crippen molar-refractivity contribution >= 4 is 5.91 Å². The van der Waals surface area contributed by atoms with Gasteiger partial charge in [0, 0.05) is 12.1 Å². The molecule has 2 rings (SSSR count). The van der Waals surface area contributed by atoms with Crippen LogP contribution in [-0.4, -0.2) is 52.8 Å². The second kappa shape index (κ2) is 9.99. The Morgan fingerprint density at radius 3 is 2.00 bits per heavy atom. The molecule has 28 heavy (non-hydrogen) atoms. The molecule has 1 amide bonds. The van der Waals surface area contributed by atoms with E-state index in [1.54, 1.807) is 12.1 Å². The molecule has 0 aliphatic carbocycles. The topological polar surface area (TPSA) is 60.0 Å². The molecule has 0 aromatic heterocycles. The minimum Gasteiger partial charge on any atom is -0.493 e. The van der Waals surface area contributed by atoms with E-state index in [2.05, 4.69) is 41.4 Å². The molecule has 1 atom stereocenters. The van der Waals surface area contributed by atoms with Crippen molar-refractivity contribution in [2.45, 2.75) is 19.4 Å². The Hall–Kier alpha value is -2.73. The summed E-state index contributed by atoms with van der Waals surface area (Å²) in [5.74, 6) is 1.16. The maximum absolute atomic E-state index is 12.8. The molecule has 0 aliphatic rings. The number of rotatable bonds is 9. The molecule has 1 unspecified atom stereocenters. The van der Waals surface area contributed by atoms with E-state index in [0.717, 1.165) is 12.0 Å². The number of carbonyl (C=O) groups excluding carboxylic acids is 1. The lowest BCUT2D eigenvalue weighted by Gasteiger charge is -2.25. The van der Waals surface area contributed by atoms with E-state index >= 15 is 0 Å². The van der Waals surface area contributed by atoms with Crippen molar-refractivity contribution in [3.8, 4) is 17.2 Å². The molecule has 0 radical (unpaired) electrons. The van der Waals surface area contributed by atoms with Gasteiger partial charge in [0.1, 0.15) is 0 Å². The number of nitrogens with one attached hydrogen (secondary N) is 1. The van der Waals surface area contributed by atoms with Gasteiger partial charge >= 0.3 is 0 Å². The van der Waals surface area contributed by atoms with Crippen LogP contribution in [0.15, 0.2) is 36.4 Å². The molecule has 0 fully saturated rings. The highest BCUT2D eigenvalue weighted by atomic mass is 16.5. The molecular formula is C22H30N2O4. The molecule has 0 heterocycles. The Morgan fingerprint density at radius 2 is 1.57 bits per heavy atom. The van der Waals surface area contributed by atoms with Crippen molar-refractivity contribution in [2.24, 2.45) is 0 Å². The van der Waals surface area contributed by atoms with Crippen molar-refractivity contribution in [2.75, 3.05) is 42.0 Å². The second-order valence-electron chi connectivity index (χ2n) is 6.70. The van der Waals surface area contributed by atoms with Gasteiger partial charge in [0.05, 0.1) is 27.4 Å². The number of hydrogen-bond acceptors (Lipinski definition) is 5. The molecule has 152 valence electrons. The third kappa shape index (κ3) is 4.95. The van der Waals surface area contributed by atoms with Crippen LogP contribution in [0.1, 0.15) is 34.5 Å². The second-order valence-corrected chi connectivity index (χ2v) is 6.70. The number of ether oxygens (including phenoxy) is 3. The average molecular weight is 386 g/mol. The first-order chi connectivity index (χ1) is 13.4. The van der Waals surface area contributed by atoms with Crippen molar-refractivity contribution < 1.29 is 19.0 Å². The Balaban J connectivity index is 2.18. The van der Waals surface area contributed by atoms with Crippen LogP contribution in [0.25, 0.3) is 0 Å². The average Bonchev–Trinajstić information content (AvgIpc) is 2.72. The van der Waals surface area contributed by atoms with Gasteiger partial charge in [-0.1, -0.05) is 31.2 Å². The third-order valence-corrected chi connectivity index (χ3v) is 4.78. The highest BCUT2D eigenvalue weighted by Gasteiger charge is 2.19. The molecular weight excluding hydrogens is 356 g/mol. The molecule has 0 spiro atoms. The predicted molar refractivity (Wildman–Crippen MR) is 111 cm³/mol. The summed E-state index contributed by atoms with van der Waals surface area (Å²) in [6.07, 6.45) is 1.00. The Bertz CT molecular complexity index is 763. The number of amides is 1. The summed E-state index contributed by atoms with van der Waals surface area (Å²) in [5.41, 5.74) is 2.91. The number of methoxy groups -OCH3 is 3. The van der Waals surface area contributed by atoms with Crippen molar-refractivity contribution in [1.29, 1.82) is 0 Å². The molecule has 0 saturated carbocycles. The highest BCUT2D eigenvalue weighted by molar-refractivity contribution is 5.95. The van der Waals surface area contributed by atoms with E-state index in [9.17, 15) is 4.79 Å². The molecule has 6 heteroatoms. The molecule has 1 N–H and O–H groups in total. The van der Waals surface area contributed by atoms with Crippen LogP contribution in [0, 0.1) is 0 Å². The number of nitrogens with zero attached hydrogens (tertiary/aromatic N) is 1. The first kappa shape index (κ1) is 21.6. The fourth-order valence-corrected chi connectivity index (χ4v) is 3.08. The number of benzene rings is 2. The smallest absolute Gasteiger partial charge is 0.251 e. The molecule has 0 saturated heterocycles. The fraction of sp³-hybridized carbons (Fsp3) is 0.409. The van der Waals surface area contributed by atoms with E-state index in [1.807, 2.05) is 14.1 Å². The van der Waals surface area contributed by atoms with Crippen LogP contribution in [-0.2, 0) is 6.42 Å². The van der Waals surface area contributed by atoms with Crippen molar-refractivity contribution in [3.63, 3.8) is 0 Å². The highest BCUT2D eigenvalue weighted by Crippen LogP contribution is 2.38. The Kier molecular flexibility index (Phi) is 7.70. The van der Waals surface area contributed by atoms with Crippen LogP contribution in [0.5, 0.6) is 17.2 Å². The minimum absolute atomic E-state index is 0.0666. The first-order valence-corrected chi connectivity index (χ1v) is 9.28. The van der Waals surface area contributed by atoms with E-state index in [-0.39, 0.29) is 11.9 Å². The fourth-order valence-electron chi connectivity index (χ4n) is 3.08. The zero-order chi connectivity index (χ0) is 20.7. The summed E-state index contributed by atoms with van der Waals surface area (Å²) >= 11 is 0. The van der Waals surface area contributed by atoms with E-state index in [4.69, 9.17) is 14.2 Å². The summed E-state index contributed by atoms with van der Waals surface area (Å²) in [7, 11) is 8.60. The van der Waals surface area contributed by atoms with Gasteiger partial charge in [0.15, 0.2) is 11.5 Å². The first-order valence-electron chi connectivity index (χ1n) is 9.28. The van der Waals surface area contributed by atoms with Gasteiger partial charge in [-0.25, -0.2) is 0 Å². The molecule has 0 bridgehead atoms. The monoisotopic (exact) mass is 386 g/mol. The van der Waals surface area contributed by atoms with E-state index in [0.29, 0.717) is 29.4 Å². The zero-order valence-electron chi connectivity index (χ0n) is 17.5. The van der Waals surface area contributed by atoms with Crippen LogP contribution < -0.4 is 19.5 Å². The Morgan fingerprint density at radius 1 is 1.00 bits per heavy atom. The normalized spacial score (nSPS) is 11.8. The van der Waals surface area contributed by atoms with Gasteiger partial charge in [-0.2, -0.15) is 0 Å². The van der Waals surface area contributed by atoms with E-state index < -0.39 is 0 Å². The van der Waals surface area contributed by atoms with Gasteiger partial charge in [-0.3, -0.25) is 4.79 Å². The lowest BCUT2D eigenvalue weighted by atomic mass is 10.0. The maximum Gasteiger partial charge on any atom is 0.251 e. The molecule has 0 aliphatic heterocycles. The SMILES string of the molecule is CCc1ccc(C(CNC(=O)c2cc(OC)c(OC)c(OC)c2)N(C)C)cc1. The number of aryl methyl sites for hydroxylation is 1. The standard InChI is InChI=1S/C22H30N2O4/c1-7-15-8-10-16(11-9-15)18(24(2)3)14-23-22(25)17-12-19(26-4)21(28-6)20(13-17)27-5/h8-13,18H,7,14H2,1-6H3,(H,23,25). The summed E-state index contributed by atoms with van der Waals surface area (Å²) in [6.45, 7) is 2.62. The lowest BCUT2D eigenvalue weighted by molar-refractivity contribution is 0.0941. The third-order valence-electron chi connectivity index (χ3n) is 4.78. The Labute approximate surface area is 167 Å².